The Morgan fingerprint density at radius 1 is 1.21 bits per heavy atom. The van der Waals surface area contributed by atoms with E-state index in [0.717, 1.165) is 5.56 Å². The van der Waals surface area contributed by atoms with Gasteiger partial charge in [-0.2, -0.15) is 0 Å². The van der Waals surface area contributed by atoms with Crippen LogP contribution < -0.4 is 0 Å². The Morgan fingerprint density at radius 3 is 2.36 bits per heavy atom. The van der Waals surface area contributed by atoms with Gasteiger partial charge in [-0.3, -0.25) is 0 Å². The van der Waals surface area contributed by atoms with Crippen LogP contribution in [0.1, 0.15) is 5.56 Å². The van der Waals surface area contributed by atoms with E-state index in [1.54, 1.807) is 12.1 Å². The third-order valence-electron chi connectivity index (χ3n) is 1.99. The highest BCUT2D eigenvalue weighted by Crippen LogP contribution is 2.31. The summed E-state index contributed by atoms with van der Waals surface area (Å²) >= 11 is 0. The zero-order valence-electron chi connectivity index (χ0n) is 7.36. The van der Waals surface area contributed by atoms with Gasteiger partial charge in [-0.1, -0.05) is 36.9 Å². The summed E-state index contributed by atoms with van der Waals surface area (Å²) in [5.41, 5.74) is 1.09. The molecule has 0 saturated heterocycles. The van der Waals surface area contributed by atoms with Gasteiger partial charge in [0.1, 0.15) is 5.76 Å². The van der Waals surface area contributed by atoms with Crippen LogP contribution in [0.2, 0.25) is 0 Å². The molecule has 0 radical (unpaired) electrons. The molecule has 1 heterocycles. The lowest BCUT2D eigenvalue weighted by Gasteiger charge is -2.00. The lowest BCUT2D eigenvalue weighted by molar-refractivity contribution is -0.135. The molecule has 0 aliphatic carbocycles. The second-order valence-corrected chi connectivity index (χ2v) is 2.90. The minimum atomic E-state index is -0.742. The highest BCUT2D eigenvalue weighted by atomic mass is 16.6. The number of esters is 1. The van der Waals surface area contributed by atoms with Gasteiger partial charge >= 0.3 is 5.97 Å². The van der Waals surface area contributed by atoms with Gasteiger partial charge in [-0.05, 0) is 5.56 Å². The van der Waals surface area contributed by atoms with Gasteiger partial charge in [-0.25, -0.2) is 4.79 Å². The summed E-state index contributed by atoms with van der Waals surface area (Å²) in [6.45, 7) is 3.55. The number of carbonyl (C=O) groups is 1. The van der Waals surface area contributed by atoms with Gasteiger partial charge in [0.05, 0.1) is 5.57 Å². The number of aliphatic hydroxyl groups excluding tert-OH is 1. The molecular weight excluding hydrogens is 180 g/mol. The summed E-state index contributed by atoms with van der Waals surface area (Å²) in [5, 5.41) is 9.43. The molecule has 0 atom stereocenters. The summed E-state index contributed by atoms with van der Waals surface area (Å²) in [5.74, 6) is -0.922. The Bertz CT molecular complexity index is 429. The average molecular weight is 188 g/mol. The largest absolute Gasteiger partial charge is 0.501 e. The van der Waals surface area contributed by atoms with Crippen molar-refractivity contribution in [2.75, 3.05) is 0 Å². The van der Waals surface area contributed by atoms with Gasteiger partial charge in [-0.15, -0.1) is 0 Å². The van der Waals surface area contributed by atoms with Crippen molar-refractivity contribution in [1.82, 2.24) is 0 Å². The molecule has 0 spiro atoms. The lowest BCUT2D eigenvalue weighted by Crippen LogP contribution is -1.96. The van der Waals surface area contributed by atoms with Crippen molar-refractivity contribution < 1.29 is 14.6 Å². The fraction of sp³-hybridized carbons (Fsp3) is 0. The fourth-order valence-electron chi connectivity index (χ4n) is 1.35. The number of allylic oxidation sites excluding steroid dienone is 1. The molecule has 1 aliphatic heterocycles. The van der Waals surface area contributed by atoms with Crippen LogP contribution in [0.15, 0.2) is 48.4 Å². The van der Waals surface area contributed by atoms with Crippen molar-refractivity contribution in [2.45, 2.75) is 0 Å². The quantitative estimate of drug-likeness (QED) is 0.686. The van der Waals surface area contributed by atoms with Crippen LogP contribution in [0.3, 0.4) is 0 Å². The minimum absolute atomic E-state index is 0.193. The molecule has 1 N–H and O–H groups in total. The minimum Gasteiger partial charge on any atom is -0.501 e. The van der Waals surface area contributed by atoms with Gasteiger partial charge in [0.2, 0.25) is 5.76 Å². The molecule has 0 fully saturated rings. The van der Waals surface area contributed by atoms with Crippen molar-refractivity contribution in [3.8, 4) is 0 Å². The van der Waals surface area contributed by atoms with E-state index in [1.807, 2.05) is 18.2 Å². The van der Waals surface area contributed by atoms with Crippen LogP contribution >= 0.6 is 0 Å². The molecule has 0 unspecified atom stereocenters. The molecule has 0 bridgehead atoms. The van der Waals surface area contributed by atoms with E-state index < -0.39 is 5.97 Å². The van der Waals surface area contributed by atoms with E-state index in [2.05, 4.69) is 11.3 Å². The Morgan fingerprint density at radius 2 is 1.86 bits per heavy atom. The van der Waals surface area contributed by atoms with E-state index in [4.69, 9.17) is 0 Å². The molecule has 1 aromatic rings. The second kappa shape index (κ2) is 3.03. The number of aliphatic hydroxyl groups is 1. The number of hydrogen-bond acceptors (Lipinski definition) is 3. The van der Waals surface area contributed by atoms with Crippen LogP contribution in [-0.2, 0) is 9.53 Å². The van der Waals surface area contributed by atoms with E-state index in [0.29, 0.717) is 5.57 Å². The van der Waals surface area contributed by atoms with Crippen LogP contribution in [-0.4, -0.2) is 11.1 Å². The summed E-state index contributed by atoms with van der Waals surface area (Å²) in [4.78, 5) is 11.0. The molecule has 70 valence electrons. The van der Waals surface area contributed by atoms with Crippen molar-refractivity contribution >= 4 is 11.5 Å². The van der Waals surface area contributed by atoms with Crippen molar-refractivity contribution in [1.29, 1.82) is 0 Å². The topological polar surface area (TPSA) is 46.5 Å². The van der Waals surface area contributed by atoms with E-state index in [1.165, 1.54) is 0 Å². The summed E-state index contributed by atoms with van der Waals surface area (Å²) < 4.78 is 4.68. The third kappa shape index (κ3) is 1.19. The smallest absolute Gasteiger partial charge is 0.379 e. The van der Waals surface area contributed by atoms with Gasteiger partial charge in [0, 0.05) is 0 Å². The summed E-state index contributed by atoms with van der Waals surface area (Å²) in [6, 6.07) is 9.02. The SMILES string of the molecule is C=C1OC(=O)C(O)=C1c1ccccc1. The molecule has 1 aliphatic rings. The molecule has 0 aromatic heterocycles. The fourth-order valence-corrected chi connectivity index (χ4v) is 1.35. The summed E-state index contributed by atoms with van der Waals surface area (Å²) in [6.07, 6.45) is 0. The number of ether oxygens (including phenoxy) is 1. The first kappa shape index (κ1) is 8.56. The number of rotatable bonds is 1. The van der Waals surface area contributed by atoms with Crippen molar-refractivity contribution in [2.24, 2.45) is 0 Å². The molecule has 0 saturated carbocycles. The van der Waals surface area contributed by atoms with Crippen molar-refractivity contribution in [3.05, 3.63) is 54.0 Å². The first-order chi connectivity index (χ1) is 6.70. The number of benzene rings is 1. The number of hydrogen-bond donors (Lipinski definition) is 1. The van der Waals surface area contributed by atoms with Crippen LogP contribution in [0.25, 0.3) is 5.57 Å². The molecule has 1 aromatic carbocycles. The zero-order chi connectivity index (χ0) is 10.1. The molecule has 0 amide bonds. The Labute approximate surface area is 80.9 Å². The van der Waals surface area contributed by atoms with Crippen LogP contribution in [0.5, 0.6) is 0 Å². The highest BCUT2D eigenvalue weighted by molar-refractivity contribution is 6.04. The monoisotopic (exact) mass is 188 g/mol. The van der Waals surface area contributed by atoms with Gasteiger partial charge < -0.3 is 9.84 Å². The highest BCUT2D eigenvalue weighted by Gasteiger charge is 2.28. The molecule has 3 heteroatoms. The molecule has 3 nitrogen and oxygen atoms in total. The van der Waals surface area contributed by atoms with Gasteiger partial charge in [0.25, 0.3) is 0 Å². The Hall–Kier alpha value is -2.03. The predicted molar refractivity (Wildman–Crippen MR) is 51.2 cm³/mol. The molecular formula is C11H8O3. The zero-order valence-corrected chi connectivity index (χ0v) is 7.36. The standard InChI is InChI=1S/C11H8O3/c1-7-9(10(12)11(13)14-7)8-5-3-2-4-6-8/h2-6,12H,1H2. The maximum atomic E-state index is 11.0. The predicted octanol–water partition coefficient (Wildman–Crippen LogP) is 2.03. The second-order valence-electron chi connectivity index (χ2n) is 2.90. The number of carbonyl (C=O) groups excluding carboxylic acids is 1. The first-order valence-corrected chi connectivity index (χ1v) is 4.10. The molecule has 14 heavy (non-hydrogen) atoms. The summed E-state index contributed by atoms with van der Waals surface area (Å²) in [7, 11) is 0. The van der Waals surface area contributed by atoms with Crippen LogP contribution in [0.4, 0.5) is 0 Å². The third-order valence-corrected chi connectivity index (χ3v) is 1.99. The first-order valence-electron chi connectivity index (χ1n) is 4.10. The van der Waals surface area contributed by atoms with Gasteiger partial charge in [0.15, 0.2) is 0 Å². The maximum Gasteiger partial charge on any atom is 0.379 e. The lowest BCUT2D eigenvalue weighted by atomic mass is 10.0. The Kier molecular flexibility index (Phi) is 1.85. The normalized spacial score (nSPS) is 16.0. The van der Waals surface area contributed by atoms with E-state index >= 15 is 0 Å². The average Bonchev–Trinajstić information content (AvgIpc) is 2.43. The number of cyclic esters (lactones) is 1. The Balaban J connectivity index is 2.54. The van der Waals surface area contributed by atoms with Crippen LogP contribution in [0, 0.1) is 0 Å². The molecule has 2 rings (SSSR count). The van der Waals surface area contributed by atoms with E-state index in [9.17, 15) is 9.90 Å². The maximum absolute atomic E-state index is 11.0. The van der Waals surface area contributed by atoms with Crippen molar-refractivity contribution in [3.63, 3.8) is 0 Å². The van der Waals surface area contributed by atoms with E-state index in [-0.39, 0.29) is 11.5 Å².